The van der Waals surface area contributed by atoms with E-state index in [1.54, 1.807) is 24.3 Å². The molecule has 1 aromatic rings. The molecule has 0 saturated carbocycles. The Morgan fingerprint density at radius 1 is 1.19 bits per heavy atom. The first-order valence-corrected chi connectivity index (χ1v) is 6.01. The SMILES string of the molecule is O=C(O)CCc1ccc(NC(=O)COCC(F)(F)F)cc1. The topological polar surface area (TPSA) is 75.6 Å². The van der Waals surface area contributed by atoms with Crippen molar-refractivity contribution in [2.24, 2.45) is 0 Å². The summed E-state index contributed by atoms with van der Waals surface area (Å²) in [6.45, 7) is -2.17. The van der Waals surface area contributed by atoms with Gasteiger partial charge in [-0.2, -0.15) is 13.2 Å². The van der Waals surface area contributed by atoms with Crippen LogP contribution in [0.2, 0.25) is 0 Å². The predicted molar refractivity (Wildman–Crippen MR) is 67.9 cm³/mol. The molecule has 0 aromatic heterocycles. The number of rotatable bonds is 7. The summed E-state index contributed by atoms with van der Waals surface area (Å²) in [5.74, 6) is -1.60. The van der Waals surface area contributed by atoms with Crippen molar-refractivity contribution in [1.29, 1.82) is 0 Å². The molecule has 0 radical (unpaired) electrons. The molecule has 8 heteroatoms. The van der Waals surface area contributed by atoms with Crippen LogP contribution in [0.5, 0.6) is 0 Å². The Labute approximate surface area is 118 Å². The van der Waals surface area contributed by atoms with E-state index >= 15 is 0 Å². The summed E-state index contributed by atoms with van der Waals surface area (Å²) in [6.07, 6.45) is -4.11. The molecule has 0 fully saturated rings. The third-order valence-corrected chi connectivity index (χ3v) is 2.36. The Hall–Kier alpha value is -2.09. The van der Waals surface area contributed by atoms with Gasteiger partial charge in [0.15, 0.2) is 0 Å². The molecular weight excluding hydrogens is 291 g/mol. The van der Waals surface area contributed by atoms with Gasteiger partial charge in [0.2, 0.25) is 5.91 Å². The summed E-state index contributed by atoms with van der Waals surface area (Å²) in [5.41, 5.74) is 1.18. The number of amides is 1. The zero-order valence-electron chi connectivity index (χ0n) is 10.9. The normalized spacial score (nSPS) is 11.2. The number of carboxylic acid groups (broad SMARTS) is 1. The third kappa shape index (κ3) is 7.93. The number of ether oxygens (including phenoxy) is 1. The van der Waals surface area contributed by atoms with Crippen LogP contribution in [0.15, 0.2) is 24.3 Å². The van der Waals surface area contributed by atoms with Crippen molar-refractivity contribution in [2.45, 2.75) is 19.0 Å². The van der Waals surface area contributed by atoms with Gasteiger partial charge >= 0.3 is 12.1 Å². The molecule has 0 aliphatic heterocycles. The molecular formula is C13H14F3NO4. The number of aryl methyl sites for hydroxylation is 1. The lowest BCUT2D eigenvalue weighted by atomic mass is 10.1. The number of hydrogen-bond acceptors (Lipinski definition) is 3. The third-order valence-electron chi connectivity index (χ3n) is 2.36. The van der Waals surface area contributed by atoms with Crippen molar-refractivity contribution in [2.75, 3.05) is 18.5 Å². The van der Waals surface area contributed by atoms with Gasteiger partial charge < -0.3 is 15.2 Å². The molecule has 0 heterocycles. The van der Waals surface area contributed by atoms with Crippen LogP contribution in [0.25, 0.3) is 0 Å². The molecule has 21 heavy (non-hydrogen) atoms. The summed E-state index contributed by atoms with van der Waals surface area (Å²) in [5, 5.41) is 10.9. The maximum Gasteiger partial charge on any atom is 0.411 e. The number of benzene rings is 1. The Morgan fingerprint density at radius 2 is 1.81 bits per heavy atom. The largest absolute Gasteiger partial charge is 0.481 e. The van der Waals surface area contributed by atoms with Crippen LogP contribution in [-0.2, 0) is 20.7 Å². The van der Waals surface area contributed by atoms with Crippen LogP contribution in [-0.4, -0.2) is 36.4 Å². The summed E-state index contributed by atoms with van der Waals surface area (Å²) >= 11 is 0. The lowest BCUT2D eigenvalue weighted by Crippen LogP contribution is -2.23. The molecule has 1 rings (SSSR count). The number of halogens is 3. The van der Waals surface area contributed by atoms with Gasteiger partial charge in [0.05, 0.1) is 0 Å². The molecule has 0 aliphatic carbocycles. The first kappa shape index (κ1) is 17.0. The van der Waals surface area contributed by atoms with Gasteiger partial charge in [-0.25, -0.2) is 0 Å². The number of aliphatic carboxylic acids is 1. The Morgan fingerprint density at radius 3 is 2.33 bits per heavy atom. The van der Waals surface area contributed by atoms with Gasteiger partial charge in [0.25, 0.3) is 0 Å². The van der Waals surface area contributed by atoms with Gasteiger partial charge in [-0.3, -0.25) is 9.59 Å². The number of nitrogens with one attached hydrogen (secondary N) is 1. The maximum absolute atomic E-state index is 11.8. The molecule has 0 saturated heterocycles. The number of alkyl halides is 3. The molecule has 0 atom stereocenters. The van der Waals surface area contributed by atoms with Crippen LogP contribution in [0, 0.1) is 0 Å². The number of carbonyl (C=O) groups excluding carboxylic acids is 1. The fraction of sp³-hybridized carbons (Fsp3) is 0.385. The van der Waals surface area contributed by atoms with E-state index in [0.29, 0.717) is 12.1 Å². The molecule has 1 amide bonds. The van der Waals surface area contributed by atoms with Crippen molar-refractivity contribution < 1.29 is 32.6 Å². The number of hydrogen-bond donors (Lipinski definition) is 2. The first-order chi connectivity index (χ1) is 9.76. The van der Waals surface area contributed by atoms with E-state index in [1.807, 2.05) is 0 Å². The van der Waals surface area contributed by atoms with Gasteiger partial charge in [0, 0.05) is 12.1 Å². The van der Waals surface area contributed by atoms with Gasteiger partial charge in [-0.05, 0) is 24.1 Å². The van der Waals surface area contributed by atoms with Gasteiger partial charge in [0.1, 0.15) is 13.2 Å². The molecule has 0 unspecified atom stereocenters. The van der Waals surface area contributed by atoms with Crippen molar-refractivity contribution in [3.8, 4) is 0 Å². The minimum atomic E-state index is -4.47. The molecule has 0 bridgehead atoms. The van der Waals surface area contributed by atoms with Crippen LogP contribution < -0.4 is 5.32 Å². The standard InChI is InChI=1S/C13H14F3NO4/c14-13(15,16)8-21-7-11(18)17-10-4-1-9(2-5-10)3-6-12(19)20/h1-2,4-5H,3,6-8H2,(H,17,18)(H,19,20). The van der Waals surface area contributed by atoms with Gasteiger partial charge in [-0.1, -0.05) is 12.1 Å². The molecule has 0 spiro atoms. The van der Waals surface area contributed by atoms with Gasteiger partial charge in [-0.15, -0.1) is 0 Å². The second-order valence-corrected chi connectivity index (χ2v) is 4.25. The Balaban J connectivity index is 2.37. The lowest BCUT2D eigenvalue weighted by molar-refractivity contribution is -0.174. The van der Waals surface area contributed by atoms with Crippen molar-refractivity contribution in [1.82, 2.24) is 0 Å². The van der Waals surface area contributed by atoms with Crippen molar-refractivity contribution in [3.63, 3.8) is 0 Å². The molecule has 5 nitrogen and oxygen atoms in total. The Kier molecular flexibility index (Phi) is 6.16. The van der Waals surface area contributed by atoms with E-state index in [0.717, 1.165) is 5.56 Å². The number of carbonyl (C=O) groups is 2. The average molecular weight is 305 g/mol. The van der Waals surface area contributed by atoms with Crippen LogP contribution in [0.3, 0.4) is 0 Å². The molecule has 116 valence electrons. The highest BCUT2D eigenvalue weighted by Gasteiger charge is 2.27. The van der Waals surface area contributed by atoms with Crippen molar-refractivity contribution >= 4 is 17.6 Å². The summed E-state index contributed by atoms with van der Waals surface area (Å²) < 4.78 is 39.6. The average Bonchev–Trinajstić information content (AvgIpc) is 2.36. The fourth-order valence-corrected chi connectivity index (χ4v) is 1.46. The monoisotopic (exact) mass is 305 g/mol. The highest BCUT2D eigenvalue weighted by Crippen LogP contribution is 2.14. The summed E-state index contributed by atoms with van der Waals surface area (Å²) in [6, 6.07) is 6.35. The van der Waals surface area contributed by atoms with Crippen LogP contribution in [0.4, 0.5) is 18.9 Å². The molecule has 1 aromatic carbocycles. The molecule has 2 N–H and O–H groups in total. The number of anilines is 1. The molecule has 0 aliphatic rings. The highest BCUT2D eigenvalue weighted by atomic mass is 19.4. The Bertz CT molecular complexity index is 485. The van der Waals surface area contributed by atoms with E-state index < -0.39 is 31.3 Å². The zero-order valence-corrected chi connectivity index (χ0v) is 10.9. The minimum absolute atomic E-state index is 0.00299. The van der Waals surface area contributed by atoms with E-state index in [4.69, 9.17) is 5.11 Å². The second-order valence-electron chi connectivity index (χ2n) is 4.25. The first-order valence-electron chi connectivity index (χ1n) is 6.01. The highest BCUT2D eigenvalue weighted by molar-refractivity contribution is 5.91. The number of carboxylic acids is 1. The minimum Gasteiger partial charge on any atom is -0.481 e. The summed E-state index contributed by atoms with van der Waals surface area (Å²) in [7, 11) is 0. The zero-order chi connectivity index (χ0) is 15.9. The van der Waals surface area contributed by atoms with E-state index in [-0.39, 0.29) is 6.42 Å². The van der Waals surface area contributed by atoms with E-state index in [2.05, 4.69) is 10.1 Å². The second kappa shape index (κ2) is 7.63. The smallest absolute Gasteiger partial charge is 0.411 e. The fourth-order valence-electron chi connectivity index (χ4n) is 1.46. The van der Waals surface area contributed by atoms with Crippen molar-refractivity contribution in [3.05, 3.63) is 29.8 Å². The van der Waals surface area contributed by atoms with E-state index in [1.165, 1.54) is 0 Å². The van der Waals surface area contributed by atoms with Crippen LogP contribution in [0.1, 0.15) is 12.0 Å². The summed E-state index contributed by atoms with van der Waals surface area (Å²) in [4.78, 5) is 21.7. The lowest BCUT2D eigenvalue weighted by Gasteiger charge is -2.08. The van der Waals surface area contributed by atoms with E-state index in [9.17, 15) is 22.8 Å². The van der Waals surface area contributed by atoms with Crippen LogP contribution >= 0.6 is 0 Å². The predicted octanol–water partition coefficient (Wildman–Crippen LogP) is 2.22. The quantitative estimate of drug-likeness (QED) is 0.810. The maximum atomic E-state index is 11.8.